The molecule has 0 unspecified atom stereocenters. The van der Waals surface area contributed by atoms with Gasteiger partial charge in [-0.2, -0.15) is 0 Å². The maximum atomic E-state index is 12.3. The van der Waals surface area contributed by atoms with Gasteiger partial charge in [0.15, 0.2) is 11.0 Å². The van der Waals surface area contributed by atoms with E-state index in [1.165, 1.54) is 6.92 Å². The quantitative estimate of drug-likeness (QED) is 0.528. The van der Waals surface area contributed by atoms with Crippen LogP contribution in [0.1, 0.15) is 52.9 Å². The number of carbonyl (C=O) groups is 3. The minimum Gasteiger partial charge on any atom is -0.465 e. The molecule has 0 aliphatic heterocycles. The van der Waals surface area contributed by atoms with Crippen LogP contribution in [0.25, 0.3) is 0 Å². The Morgan fingerprint density at radius 3 is 1.91 bits per heavy atom. The summed E-state index contributed by atoms with van der Waals surface area (Å²) in [6.45, 7) is 5.28. The van der Waals surface area contributed by atoms with Crippen LogP contribution in [0.15, 0.2) is 0 Å². The molecule has 1 rings (SSSR count). The number of hydrogen-bond acceptors (Lipinski definition) is 6. The van der Waals surface area contributed by atoms with E-state index >= 15 is 0 Å². The summed E-state index contributed by atoms with van der Waals surface area (Å²) in [5.74, 6) is -2.01. The van der Waals surface area contributed by atoms with Crippen molar-refractivity contribution < 1.29 is 23.9 Å². The molecule has 5 nitrogen and oxygen atoms in total. The van der Waals surface area contributed by atoms with E-state index in [1.54, 1.807) is 13.8 Å². The molecule has 0 radical (unpaired) electrons. The van der Waals surface area contributed by atoms with Gasteiger partial charge >= 0.3 is 11.9 Å². The van der Waals surface area contributed by atoms with Crippen molar-refractivity contribution in [2.45, 2.75) is 58.1 Å². The third-order valence-corrected chi connectivity index (χ3v) is 5.09. The average Bonchev–Trinajstić information content (AvgIpc) is 2.47. The molecule has 1 saturated carbocycles. The second-order valence-electron chi connectivity index (χ2n) is 5.45. The highest BCUT2D eigenvalue weighted by Crippen LogP contribution is 2.38. The largest absolute Gasteiger partial charge is 0.465 e. The van der Waals surface area contributed by atoms with Crippen LogP contribution in [0.4, 0.5) is 0 Å². The molecule has 0 aromatic rings. The van der Waals surface area contributed by atoms with Crippen LogP contribution < -0.4 is 0 Å². The Kier molecular flexibility index (Phi) is 8.53. The summed E-state index contributed by atoms with van der Waals surface area (Å²) in [7, 11) is 0. The Labute approximate surface area is 136 Å². The lowest BCUT2D eigenvalue weighted by molar-refractivity contribution is -0.162. The van der Waals surface area contributed by atoms with Gasteiger partial charge in [-0.15, -0.1) is 0 Å². The van der Waals surface area contributed by atoms with Gasteiger partial charge < -0.3 is 9.47 Å². The second-order valence-corrected chi connectivity index (χ2v) is 6.81. The van der Waals surface area contributed by atoms with Crippen LogP contribution in [0.5, 0.6) is 0 Å². The van der Waals surface area contributed by atoms with E-state index in [0.29, 0.717) is 0 Å². The molecule has 0 amide bonds. The maximum Gasteiger partial charge on any atom is 0.321 e. The summed E-state index contributed by atoms with van der Waals surface area (Å²) in [5, 5.41) is -0.481. The molecule has 0 bridgehead atoms. The molecule has 0 spiro atoms. The molecule has 22 heavy (non-hydrogen) atoms. The fourth-order valence-electron chi connectivity index (χ4n) is 2.92. The van der Waals surface area contributed by atoms with Crippen LogP contribution in [0.2, 0.25) is 0 Å². The number of hydrogen-bond donors (Lipinski definition) is 0. The molecule has 6 heteroatoms. The van der Waals surface area contributed by atoms with Crippen LogP contribution in [-0.4, -0.2) is 35.5 Å². The molecule has 1 aliphatic carbocycles. The predicted octanol–water partition coefficient (Wildman–Crippen LogP) is 2.96. The van der Waals surface area contributed by atoms with Crippen molar-refractivity contribution in [2.75, 3.05) is 13.2 Å². The first-order valence-electron chi connectivity index (χ1n) is 8.01. The molecule has 1 aliphatic rings. The van der Waals surface area contributed by atoms with Crippen molar-refractivity contribution in [1.29, 1.82) is 0 Å². The maximum absolute atomic E-state index is 12.3. The minimum atomic E-state index is -1.02. The Morgan fingerprint density at radius 2 is 1.50 bits per heavy atom. The van der Waals surface area contributed by atoms with Crippen LogP contribution in [0, 0.1) is 11.8 Å². The zero-order chi connectivity index (χ0) is 16.5. The molecule has 126 valence electrons. The number of thioether (sulfide) groups is 1. The molecular weight excluding hydrogens is 304 g/mol. The number of ether oxygens (including phenoxy) is 2. The highest BCUT2D eigenvalue weighted by molar-refractivity contribution is 8.14. The van der Waals surface area contributed by atoms with Gasteiger partial charge in [0.25, 0.3) is 0 Å². The van der Waals surface area contributed by atoms with Crippen molar-refractivity contribution >= 4 is 28.8 Å². The third kappa shape index (κ3) is 5.63. The Hall–Kier alpha value is -1.04. The van der Waals surface area contributed by atoms with E-state index in [1.807, 2.05) is 0 Å². The van der Waals surface area contributed by atoms with Gasteiger partial charge in [0.2, 0.25) is 0 Å². The van der Waals surface area contributed by atoms with Crippen molar-refractivity contribution in [1.82, 2.24) is 0 Å². The summed E-state index contributed by atoms with van der Waals surface area (Å²) in [5.41, 5.74) is 0. The van der Waals surface area contributed by atoms with Crippen molar-refractivity contribution in [3.05, 3.63) is 0 Å². The summed E-state index contributed by atoms with van der Waals surface area (Å²) >= 11 is 1.08. The number of esters is 2. The molecule has 0 saturated heterocycles. The van der Waals surface area contributed by atoms with Gasteiger partial charge in [-0.3, -0.25) is 14.4 Å². The normalized spacial score (nSPS) is 17.1. The first-order chi connectivity index (χ1) is 10.5. The monoisotopic (exact) mass is 330 g/mol. The van der Waals surface area contributed by atoms with E-state index in [-0.39, 0.29) is 24.2 Å². The summed E-state index contributed by atoms with van der Waals surface area (Å²) < 4.78 is 10.1. The molecule has 1 fully saturated rings. The highest BCUT2D eigenvalue weighted by Gasteiger charge is 2.42. The van der Waals surface area contributed by atoms with Crippen LogP contribution in [-0.2, 0) is 23.9 Å². The fraction of sp³-hybridized carbons (Fsp3) is 0.812. The number of carbonyl (C=O) groups excluding carboxylic acids is 3. The number of rotatable bonds is 7. The smallest absolute Gasteiger partial charge is 0.321 e. The zero-order valence-electron chi connectivity index (χ0n) is 13.6. The topological polar surface area (TPSA) is 69.7 Å². The van der Waals surface area contributed by atoms with Gasteiger partial charge in [-0.25, -0.2) is 0 Å². The van der Waals surface area contributed by atoms with Crippen molar-refractivity contribution in [2.24, 2.45) is 11.8 Å². The minimum absolute atomic E-state index is 0.0887. The van der Waals surface area contributed by atoms with Gasteiger partial charge in [-0.1, -0.05) is 31.0 Å². The summed E-state index contributed by atoms with van der Waals surface area (Å²) in [6, 6.07) is 0. The first kappa shape index (κ1) is 19.0. The van der Waals surface area contributed by atoms with E-state index in [2.05, 4.69) is 0 Å². The molecular formula is C16H26O5S. The lowest BCUT2D eigenvalue weighted by Gasteiger charge is -2.32. The third-order valence-electron chi connectivity index (χ3n) is 3.83. The second kappa shape index (κ2) is 9.87. The van der Waals surface area contributed by atoms with Crippen LogP contribution >= 0.6 is 11.8 Å². The Bertz CT molecular complexity index is 372. The van der Waals surface area contributed by atoms with E-state index < -0.39 is 23.1 Å². The molecule has 0 aromatic carbocycles. The zero-order valence-corrected chi connectivity index (χ0v) is 14.4. The van der Waals surface area contributed by atoms with Gasteiger partial charge in [0.1, 0.15) is 0 Å². The lowest BCUT2D eigenvalue weighted by Crippen LogP contribution is -2.41. The standard InChI is InChI=1S/C16H26O5S/c1-4-20-15(18)13(16(19)21-5-2)14(22-11(3)17)12-9-7-6-8-10-12/h12-14H,4-10H2,1-3H3/t14-/m0/s1. The van der Waals surface area contributed by atoms with Crippen molar-refractivity contribution in [3.63, 3.8) is 0 Å². The van der Waals surface area contributed by atoms with Crippen LogP contribution in [0.3, 0.4) is 0 Å². The van der Waals surface area contributed by atoms with Gasteiger partial charge in [0.05, 0.1) is 13.2 Å². The van der Waals surface area contributed by atoms with E-state index in [4.69, 9.17) is 9.47 Å². The van der Waals surface area contributed by atoms with Gasteiger partial charge in [0, 0.05) is 12.2 Å². The summed E-state index contributed by atoms with van der Waals surface area (Å²) in [6.07, 6.45) is 5.16. The predicted molar refractivity (Wildman–Crippen MR) is 85.4 cm³/mol. The summed E-state index contributed by atoms with van der Waals surface area (Å²) in [4.78, 5) is 36.2. The SMILES string of the molecule is CCOC(=O)C(C(=O)OCC)[C@@H](SC(C)=O)C1CCCCC1. The first-order valence-corrected chi connectivity index (χ1v) is 8.89. The van der Waals surface area contributed by atoms with Crippen molar-refractivity contribution in [3.8, 4) is 0 Å². The van der Waals surface area contributed by atoms with E-state index in [0.717, 1.165) is 43.9 Å². The molecule has 1 atom stereocenters. The highest BCUT2D eigenvalue weighted by atomic mass is 32.2. The Morgan fingerprint density at radius 1 is 1.00 bits per heavy atom. The van der Waals surface area contributed by atoms with Gasteiger partial charge in [-0.05, 0) is 32.6 Å². The average molecular weight is 330 g/mol. The molecule has 0 aromatic heterocycles. The lowest BCUT2D eigenvalue weighted by atomic mass is 9.82. The molecule has 0 heterocycles. The van der Waals surface area contributed by atoms with E-state index in [9.17, 15) is 14.4 Å². The Balaban J connectivity index is 3.01. The fourth-order valence-corrected chi connectivity index (χ4v) is 4.13. The molecule has 0 N–H and O–H groups in total.